The molecule has 2 rings (SSSR count). The van der Waals surface area contributed by atoms with Gasteiger partial charge in [-0.05, 0) is 37.3 Å². The van der Waals surface area contributed by atoms with Gasteiger partial charge in [0.1, 0.15) is 17.2 Å². The first-order valence-corrected chi connectivity index (χ1v) is 7.59. The molecule has 0 aliphatic heterocycles. The lowest BCUT2D eigenvalue weighted by Gasteiger charge is -2.10. The van der Waals surface area contributed by atoms with Crippen LogP contribution in [-0.2, 0) is 0 Å². The van der Waals surface area contributed by atoms with Gasteiger partial charge in [-0.25, -0.2) is 9.37 Å². The van der Waals surface area contributed by atoms with Gasteiger partial charge >= 0.3 is 5.69 Å². The number of methoxy groups -OCH3 is 1. The highest BCUT2D eigenvalue weighted by Gasteiger charge is 2.18. The molecule has 26 heavy (non-hydrogen) atoms. The van der Waals surface area contributed by atoms with Crippen LogP contribution in [0.1, 0.15) is 5.69 Å². The van der Waals surface area contributed by atoms with E-state index in [4.69, 9.17) is 4.74 Å². The quantitative estimate of drug-likeness (QED) is 0.619. The Morgan fingerprint density at radius 1 is 1.27 bits per heavy atom. The second-order valence-corrected chi connectivity index (χ2v) is 5.11. The highest BCUT2D eigenvalue weighted by atomic mass is 19.1. The number of nitro groups is 1. The Kier molecular flexibility index (Phi) is 6.20. The number of benzene rings is 1. The Bertz CT molecular complexity index is 875. The largest absolute Gasteiger partial charge is 0.480 e. The van der Waals surface area contributed by atoms with Gasteiger partial charge in [0.15, 0.2) is 0 Å². The standard InChI is InChI=1S/C17H18FN5O3/c1-11-17(23(24)25)14(5-4-8-20-10-16(21-11)26-3)22-15-9-12(19-2)6-7-13(15)18/h4-10,19,22H,1-3H3. The van der Waals surface area contributed by atoms with Crippen molar-refractivity contribution in [2.75, 3.05) is 24.8 Å². The first-order valence-electron chi connectivity index (χ1n) is 7.59. The van der Waals surface area contributed by atoms with Crippen LogP contribution in [0.15, 0.2) is 42.7 Å². The molecule has 8 nitrogen and oxygen atoms in total. The number of nitrogens with zero attached hydrogens (tertiary/aromatic N) is 3. The third-order valence-electron chi connectivity index (χ3n) is 3.41. The summed E-state index contributed by atoms with van der Waals surface area (Å²) in [5.41, 5.74) is 0.566. The molecule has 0 spiro atoms. The van der Waals surface area contributed by atoms with Crippen LogP contribution in [0.2, 0.25) is 0 Å². The minimum absolute atomic E-state index is 0.0622. The monoisotopic (exact) mass is 359 g/mol. The summed E-state index contributed by atoms with van der Waals surface area (Å²) in [7, 11) is 3.07. The maximum absolute atomic E-state index is 14.1. The molecular formula is C17H18FN5O3. The van der Waals surface area contributed by atoms with E-state index in [1.165, 1.54) is 50.7 Å². The van der Waals surface area contributed by atoms with Crippen molar-refractivity contribution in [3.63, 3.8) is 0 Å². The van der Waals surface area contributed by atoms with Crippen LogP contribution in [0.5, 0.6) is 5.88 Å². The van der Waals surface area contributed by atoms with Crippen LogP contribution in [-0.4, -0.2) is 29.0 Å². The molecule has 0 atom stereocenters. The van der Waals surface area contributed by atoms with E-state index >= 15 is 0 Å². The normalized spacial score (nSPS) is 9.85. The van der Waals surface area contributed by atoms with Crippen molar-refractivity contribution in [3.05, 3.63) is 64.4 Å². The van der Waals surface area contributed by atoms with E-state index in [1.807, 2.05) is 0 Å². The molecule has 0 radical (unpaired) electrons. The van der Waals surface area contributed by atoms with Crippen LogP contribution in [0.4, 0.5) is 27.1 Å². The number of rotatable bonds is 5. The molecule has 0 fully saturated rings. The number of anilines is 3. The van der Waals surface area contributed by atoms with E-state index in [2.05, 4.69) is 20.6 Å². The van der Waals surface area contributed by atoms with Crippen LogP contribution in [0.25, 0.3) is 0 Å². The molecule has 2 N–H and O–H groups in total. The van der Waals surface area contributed by atoms with Gasteiger partial charge < -0.3 is 15.4 Å². The lowest BCUT2D eigenvalue weighted by atomic mass is 10.2. The van der Waals surface area contributed by atoms with Gasteiger partial charge in [-0.1, -0.05) is 0 Å². The van der Waals surface area contributed by atoms with Gasteiger partial charge in [0.05, 0.1) is 23.9 Å². The fourth-order valence-corrected chi connectivity index (χ4v) is 2.17. The summed E-state index contributed by atoms with van der Waals surface area (Å²) < 4.78 is 19.2. The van der Waals surface area contributed by atoms with Crippen molar-refractivity contribution >= 4 is 22.7 Å². The second-order valence-electron chi connectivity index (χ2n) is 5.11. The van der Waals surface area contributed by atoms with Crippen LogP contribution >= 0.6 is 0 Å². The summed E-state index contributed by atoms with van der Waals surface area (Å²) in [6.45, 7) is 1.46. The van der Waals surface area contributed by atoms with E-state index in [1.54, 1.807) is 13.1 Å². The number of ether oxygens (including phenoxy) is 1. The lowest BCUT2D eigenvalue weighted by Crippen LogP contribution is -2.01. The Hall–Kier alpha value is -3.49. The zero-order chi connectivity index (χ0) is 19.1. The lowest BCUT2D eigenvalue weighted by molar-refractivity contribution is -0.384. The number of hydrogen-bond donors (Lipinski definition) is 2. The Morgan fingerprint density at radius 3 is 2.69 bits per heavy atom. The van der Waals surface area contributed by atoms with Crippen molar-refractivity contribution in [2.45, 2.75) is 6.92 Å². The first kappa shape index (κ1) is 18.8. The Morgan fingerprint density at radius 2 is 2.04 bits per heavy atom. The third-order valence-corrected chi connectivity index (χ3v) is 3.41. The number of hydrogen-bond acceptors (Lipinski definition) is 7. The van der Waals surface area contributed by atoms with E-state index in [0.717, 1.165) is 0 Å². The van der Waals surface area contributed by atoms with Gasteiger partial charge in [-0.2, -0.15) is 0 Å². The molecule has 1 aromatic heterocycles. The fraction of sp³-hybridized carbons (Fsp3) is 0.176. The minimum atomic E-state index is -0.586. The fourth-order valence-electron chi connectivity index (χ4n) is 2.17. The van der Waals surface area contributed by atoms with Crippen molar-refractivity contribution in [3.8, 4) is 5.88 Å². The molecule has 136 valence electrons. The molecule has 0 aliphatic carbocycles. The van der Waals surface area contributed by atoms with Crippen molar-refractivity contribution in [1.29, 1.82) is 0 Å². The van der Waals surface area contributed by atoms with E-state index in [9.17, 15) is 14.5 Å². The summed E-state index contributed by atoms with van der Waals surface area (Å²) in [5, 5.41) is 17.3. The SMILES string of the molecule is CNc1ccc(F)c(Nc2cccncc(OC)nc(C)c2[N+](=O)[O-])c1. The molecule has 0 unspecified atom stereocenters. The third kappa shape index (κ3) is 4.53. The number of aryl methyl sites for hydroxylation is 1. The molecule has 0 saturated heterocycles. The summed E-state index contributed by atoms with van der Waals surface area (Å²) in [5.74, 6) is -0.443. The molecular weight excluding hydrogens is 341 g/mol. The molecule has 1 aromatic carbocycles. The maximum Gasteiger partial charge on any atom is 0.313 e. The molecule has 0 saturated carbocycles. The van der Waals surface area contributed by atoms with E-state index in [0.29, 0.717) is 5.69 Å². The Balaban J connectivity index is 2.70. The van der Waals surface area contributed by atoms with Crippen molar-refractivity contribution in [2.24, 2.45) is 0 Å². The minimum Gasteiger partial charge on any atom is -0.480 e. The molecule has 9 heteroatoms. The Labute approximate surface area is 149 Å². The number of nitrogens with one attached hydrogen (secondary N) is 2. The van der Waals surface area contributed by atoms with Crippen LogP contribution < -0.4 is 15.4 Å². The second kappa shape index (κ2) is 8.56. The van der Waals surface area contributed by atoms with Gasteiger partial charge in [-0.15, -0.1) is 0 Å². The maximum atomic E-state index is 14.1. The van der Waals surface area contributed by atoms with Gasteiger partial charge in [0, 0.05) is 18.9 Å². The molecule has 0 amide bonds. The predicted molar refractivity (Wildman–Crippen MR) is 96.8 cm³/mol. The van der Waals surface area contributed by atoms with E-state index < -0.39 is 10.7 Å². The average Bonchev–Trinajstić information content (AvgIpc) is 2.61. The number of aromatic nitrogens is 2. The molecule has 1 heterocycles. The first-order chi connectivity index (χ1) is 12.5. The van der Waals surface area contributed by atoms with Crippen LogP contribution in [0, 0.1) is 22.9 Å². The van der Waals surface area contributed by atoms with E-state index in [-0.39, 0.29) is 28.6 Å². The highest BCUT2D eigenvalue weighted by molar-refractivity contribution is 5.72. The smallest absolute Gasteiger partial charge is 0.313 e. The summed E-state index contributed by atoms with van der Waals surface area (Å²) >= 11 is 0. The molecule has 2 aromatic rings. The summed E-state index contributed by atoms with van der Waals surface area (Å²) in [6.07, 6.45) is 2.74. The predicted octanol–water partition coefficient (Wildman–Crippen LogP) is 3.75. The molecule has 0 aliphatic rings. The molecule has 0 bridgehead atoms. The average molecular weight is 359 g/mol. The highest BCUT2D eigenvalue weighted by Crippen LogP contribution is 2.30. The zero-order valence-electron chi connectivity index (χ0n) is 14.5. The summed E-state index contributed by atoms with van der Waals surface area (Å²) in [4.78, 5) is 19.1. The van der Waals surface area contributed by atoms with Crippen molar-refractivity contribution < 1.29 is 14.1 Å². The summed E-state index contributed by atoms with van der Waals surface area (Å²) in [6, 6.07) is 7.25. The van der Waals surface area contributed by atoms with Gasteiger partial charge in [0.2, 0.25) is 5.88 Å². The van der Waals surface area contributed by atoms with Gasteiger partial charge in [0.25, 0.3) is 0 Å². The van der Waals surface area contributed by atoms with Crippen molar-refractivity contribution in [1.82, 2.24) is 9.97 Å². The van der Waals surface area contributed by atoms with Gasteiger partial charge in [-0.3, -0.25) is 15.1 Å². The number of halogens is 1. The van der Waals surface area contributed by atoms with Crippen LogP contribution in [0.3, 0.4) is 0 Å². The zero-order valence-corrected chi connectivity index (χ0v) is 14.5. The topological polar surface area (TPSA) is 102 Å².